The quantitative estimate of drug-likeness (QED) is 0.617. The molecule has 1 atom stereocenters. The van der Waals surface area contributed by atoms with E-state index >= 15 is 0 Å². The fraction of sp³-hybridized carbons (Fsp3) is 0.208. The Morgan fingerprint density at radius 2 is 1.53 bits per heavy atom. The zero-order valence-corrected chi connectivity index (χ0v) is 18.2. The van der Waals surface area contributed by atoms with Crippen molar-refractivity contribution in [3.63, 3.8) is 0 Å². The minimum Gasteiger partial charge on any atom is -0.346 e. The average molecular weight is 423 g/mol. The molecule has 1 unspecified atom stereocenters. The van der Waals surface area contributed by atoms with Gasteiger partial charge in [-0.3, -0.25) is 4.79 Å². The number of carbonyl (C=O) groups excluding carboxylic acids is 1. The maximum absolute atomic E-state index is 12.7. The van der Waals surface area contributed by atoms with Gasteiger partial charge in [0.05, 0.1) is 10.9 Å². The Morgan fingerprint density at radius 1 is 0.933 bits per heavy atom. The van der Waals surface area contributed by atoms with Crippen LogP contribution in [0.4, 0.5) is 0 Å². The lowest BCUT2D eigenvalue weighted by Gasteiger charge is -2.18. The third-order valence-corrected chi connectivity index (χ3v) is 6.82. The second kappa shape index (κ2) is 9.24. The van der Waals surface area contributed by atoms with Crippen LogP contribution in [0.2, 0.25) is 0 Å². The molecule has 3 aromatic carbocycles. The number of aryl methyl sites for hydroxylation is 1. The van der Waals surface area contributed by atoms with Crippen LogP contribution in [-0.4, -0.2) is 25.7 Å². The number of rotatable bonds is 7. The Balaban J connectivity index is 1.65. The summed E-state index contributed by atoms with van der Waals surface area (Å²) in [6, 6.07) is 23.4. The van der Waals surface area contributed by atoms with E-state index in [-0.39, 0.29) is 23.4 Å². The molecule has 0 saturated heterocycles. The first-order chi connectivity index (χ1) is 14.3. The van der Waals surface area contributed by atoms with E-state index in [1.54, 1.807) is 55.6 Å². The van der Waals surface area contributed by atoms with Gasteiger partial charge in [0, 0.05) is 19.2 Å². The average Bonchev–Trinajstić information content (AvgIpc) is 2.75. The van der Waals surface area contributed by atoms with Crippen molar-refractivity contribution < 1.29 is 13.2 Å². The summed E-state index contributed by atoms with van der Waals surface area (Å²) < 4.78 is 26.8. The van der Waals surface area contributed by atoms with Crippen LogP contribution in [0.3, 0.4) is 0 Å². The molecular weight excluding hydrogens is 396 g/mol. The second-order valence-corrected chi connectivity index (χ2v) is 9.42. The zero-order chi connectivity index (χ0) is 21.7. The molecule has 156 valence electrons. The summed E-state index contributed by atoms with van der Waals surface area (Å²) in [5.74, 6) is -0.168. The fourth-order valence-electron chi connectivity index (χ4n) is 3.10. The predicted octanol–water partition coefficient (Wildman–Crippen LogP) is 4.31. The smallest absolute Gasteiger partial charge is 0.251 e. The van der Waals surface area contributed by atoms with E-state index in [9.17, 15) is 13.2 Å². The standard InChI is InChI=1S/C24H26N2O3S/c1-18-9-15-23(16-10-18)30(28,29)26(3)17-20-11-13-22(14-12-20)24(27)25-19(2)21-7-5-4-6-8-21/h4-16,19H,17H2,1-3H3,(H,25,27). The first-order valence-corrected chi connectivity index (χ1v) is 11.2. The fourth-order valence-corrected chi connectivity index (χ4v) is 4.26. The lowest BCUT2D eigenvalue weighted by Crippen LogP contribution is -2.27. The third kappa shape index (κ3) is 5.14. The summed E-state index contributed by atoms with van der Waals surface area (Å²) in [6.45, 7) is 4.07. The molecule has 1 amide bonds. The lowest BCUT2D eigenvalue weighted by molar-refractivity contribution is 0.0940. The molecule has 0 aromatic heterocycles. The minimum atomic E-state index is -3.57. The molecule has 0 aliphatic carbocycles. The van der Waals surface area contributed by atoms with Crippen LogP contribution in [0.5, 0.6) is 0 Å². The van der Waals surface area contributed by atoms with Crippen LogP contribution in [0.15, 0.2) is 83.8 Å². The van der Waals surface area contributed by atoms with Crippen molar-refractivity contribution in [3.05, 3.63) is 101 Å². The van der Waals surface area contributed by atoms with Crippen LogP contribution in [0.25, 0.3) is 0 Å². The molecule has 0 fully saturated rings. The lowest BCUT2D eigenvalue weighted by atomic mass is 10.1. The SMILES string of the molecule is Cc1ccc(S(=O)(=O)N(C)Cc2ccc(C(=O)NC(C)c3ccccc3)cc2)cc1. The third-order valence-electron chi connectivity index (χ3n) is 5.00. The summed E-state index contributed by atoms with van der Waals surface area (Å²) in [4.78, 5) is 12.8. The Labute approximate surface area is 178 Å². The molecule has 1 N–H and O–H groups in total. The monoisotopic (exact) mass is 422 g/mol. The molecular formula is C24H26N2O3S. The van der Waals surface area contributed by atoms with Gasteiger partial charge < -0.3 is 5.32 Å². The topological polar surface area (TPSA) is 66.5 Å². The van der Waals surface area contributed by atoms with Crippen molar-refractivity contribution in [1.82, 2.24) is 9.62 Å². The Bertz CT molecular complexity index is 1090. The number of benzene rings is 3. The molecule has 6 heteroatoms. The number of amides is 1. The number of hydrogen-bond acceptors (Lipinski definition) is 3. The summed E-state index contributed by atoms with van der Waals surface area (Å²) in [5.41, 5.74) is 3.38. The molecule has 30 heavy (non-hydrogen) atoms. The number of nitrogens with zero attached hydrogens (tertiary/aromatic N) is 1. The van der Waals surface area contributed by atoms with E-state index in [1.807, 2.05) is 44.2 Å². The summed E-state index contributed by atoms with van der Waals surface area (Å²) in [5, 5.41) is 2.98. The van der Waals surface area contributed by atoms with Gasteiger partial charge in [0.2, 0.25) is 10.0 Å². The highest BCUT2D eigenvalue weighted by atomic mass is 32.2. The molecule has 5 nitrogen and oxygen atoms in total. The van der Waals surface area contributed by atoms with E-state index in [0.717, 1.165) is 16.7 Å². The molecule has 0 aliphatic rings. The molecule has 3 aromatic rings. The van der Waals surface area contributed by atoms with Gasteiger partial charge in [-0.1, -0.05) is 60.2 Å². The van der Waals surface area contributed by atoms with Crippen molar-refractivity contribution >= 4 is 15.9 Å². The number of carbonyl (C=O) groups is 1. The zero-order valence-electron chi connectivity index (χ0n) is 17.4. The molecule has 0 bridgehead atoms. The summed E-state index contributed by atoms with van der Waals surface area (Å²) in [7, 11) is -2.02. The Hall–Kier alpha value is -2.96. The van der Waals surface area contributed by atoms with E-state index in [0.29, 0.717) is 5.56 Å². The normalized spacial score (nSPS) is 12.5. The number of nitrogens with one attached hydrogen (secondary N) is 1. The van der Waals surface area contributed by atoms with Crippen molar-refractivity contribution in [2.45, 2.75) is 31.3 Å². The van der Waals surface area contributed by atoms with Gasteiger partial charge in [-0.15, -0.1) is 0 Å². The van der Waals surface area contributed by atoms with E-state index < -0.39 is 10.0 Å². The highest BCUT2D eigenvalue weighted by Crippen LogP contribution is 2.18. The second-order valence-electron chi connectivity index (χ2n) is 7.38. The molecule has 0 heterocycles. The van der Waals surface area contributed by atoms with Crippen LogP contribution in [0.1, 0.15) is 40.0 Å². The number of hydrogen-bond donors (Lipinski definition) is 1. The van der Waals surface area contributed by atoms with Crippen LogP contribution < -0.4 is 5.32 Å². The largest absolute Gasteiger partial charge is 0.346 e. The van der Waals surface area contributed by atoms with Crippen LogP contribution in [-0.2, 0) is 16.6 Å². The van der Waals surface area contributed by atoms with Crippen molar-refractivity contribution in [3.8, 4) is 0 Å². The maximum Gasteiger partial charge on any atom is 0.251 e. The Kier molecular flexibility index (Phi) is 6.70. The molecule has 3 rings (SSSR count). The van der Waals surface area contributed by atoms with Crippen LogP contribution in [0, 0.1) is 6.92 Å². The highest BCUT2D eigenvalue weighted by Gasteiger charge is 2.21. The highest BCUT2D eigenvalue weighted by molar-refractivity contribution is 7.89. The summed E-state index contributed by atoms with van der Waals surface area (Å²) in [6.07, 6.45) is 0. The molecule has 0 radical (unpaired) electrons. The van der Waals surface area contributed by atoms with E-state index in [1.165, 1.54) is 4.31 Å². The van der Waals surface area contributed by atoms with Gasteiger partial charge in [-0.2, -0.15) is 4.31 Å². The van der Waals surface area contributed by atoms with Gasteiger partial charge in [0.1, 0.15) is 0 Å². The number of sulfonamides is 1. The molecule has 0 saturated carbocycles. The van der Waals surface area contributed by atoms with E-state index in [2.05, 4.69) is 5.32 Å². The van der Waals surface area contributed by atoms with Gasteiger partial charge in [-0.05, 0) is 49.2 Å². The van der Waals surface area contributed by atoms with Crippen molar-refractivity contribution in [2.24, 2.45) is 0 Å². The van der Waals surface area contributed by atoms with Gasteiger partial charge in [0.15, 0.2) is 0 Å². The molecule has 0 spiro atoms. The van der Waals surface area contributed by atoms with E-state index in [4.69, 9.17) is 0 Å². The molecule has 0 aliphatic heterocycles. The van der Waals surface area contributed by atoms with Crippen molar-refractivity contribution in [1.29, 1.82) is 0 Å². The maximum atomic E-state index is 12.7. The predicted molar refractivity (Wildman–Crippen MR) is 119 cm³/mol. The first kappa shape index (κ1) is 21.7. The Morgan fingerprint density at radius 3 is 2.13 bits per heavy atom. The summed E-state index contributed by atoms with van der Waals surface area (Å²) >= 11 is 0. The van der Waals surface area contributed by atoms with Crippen molar-refractivity contribution in [2.75, 3.05) is 7.05 Å². The van der Waals surface area contributed by atoms with Gasteiger partial charge in [0.25, 0.3) is 5.91 Å². The van der Waals surface area contributed by atoms with Gasteiger partial charge in [-0.25, -0.2) is 8.42 Å². The minimum absolute atomic E-state index is 0.107. The van der Waals surface area contributed by atoms with Crippen LogP contribution >= 0.6 is 0 Å². The van der Waals surface area contributed by atoms with Gasteiger partial charge >= 0.3 is 0 Å². The first-order valence-electron chi connectivity index (χ1n) is 9.75.